The summed E-state index contributed by atoms with van der Waals surface area (Å²) in [4.78, 5) is 6.24. The van der Waals surface area contributed by atoms with Gasteiger partial charge in [0, 0.05) is 42.2 Å². The molecule has 1 aliphatic rings. The maximum absolute atomic E-state index is 14.9. The Balaban J connectivity index is 1.58. The highest BCUT2D eigenvalue weighted by Gasteiger charge is 2.33. The van der Waals surface area contributed by atoms with E-state index in [0.29, 0.717) is 30.3 Å². The molecule has 6 N–H and O–H groups in total. The van der Waals surface area contributed by atoms with E-state index in [1.807, 2.05) is 31.2 Å². The number of nitrogens with one attached hydrogen (secondary N) is 2. The van der Waals surface area contributed by atoms with Gasteiger partial charge in [-0.15, -0.1) is 11.3 Å². The summed E-state index contributed by atoms with van der Waals surface area (Å²) in [5.41, 5.74) is 14.1. The number of anilines is 2. The minimum absolute atomic E-state index is 0.158. The third-order valence-electron chi connectivity index (χ3n) is 5.68. The lowest BCUT2D eigenvalue weighted by Gasteiger charge is -2.16. The average molecular weight is 444 g/mol. The van der Waals surface area contributed by atoms with Gasteiger partial charge in [-0.05, 0) is 56.1 Å². The number of hydrogen-bond donors (Lipinski definition) is 4. The number of nitrogen functional groups attached to an aromatic ring is 1. The van der Waals surface area contributed by atoms with Crippen molar-refractivity contribution in [3.8, 4) is 0 Å². The molecule has 0 aliphatic heterocycles. The molecule has 3 aromatic rings. The van der Waals surface area contributed by atoms with Gasteiger partial charge < -0.3 is 22.1 Å². The van der Waals surface area contributed by atoms with E-state index in [9.17, 15) is 8.78 Å². The van der Waals surface area contributed by atoms with Crippen LogP contribution in [0.25, 0.3) is 16.3 Å². The molecule has 1 saturated carbocycles. The third-order valence-corrected chi connectivity index (χ3v) is 6.76. The summed E-state index contributed by atoms with van der Waals surface area (Å²) >= 11 is 1.49. The molecule has 1 fully saturated rings. The van der Waals surface area contributed by atoms with Gasteiger partial charge in [0.25, 0.3) is 0 Å². The van der Waals surface area contributed by atoms with Gasteiger partial charge in [-0.25, -0.2) is 13.8 Å². The van der Waals surface area contributed by atoms with Crippen LogP contribution >= 0.6 is 11.3 Å². The van der Waals surface area contributed by atoms with Crippen LogP contribution < -0.4 is 22.1 Å². The van der Waals surface area contributed by atoms with E-state index in [2.05, 4.69) is 15.6 Å². The van der Waals surface area contributed by atoms with Crippen molar-refractivity contribution in [1.29, 1.82) is 0 Å². The van der Waals surface area contributed by atoms with Crippen molar-refractivity contribution in [3.63, 3.8) is 0 Å². The predicted molar refractivity (Wildman–Crippen MR) is 125 cm³/mol. The molecule has 5 nitrogen and oxygen atoms in total. The highest BCUT2D eigenvalue weighted by Crippen LogP contribution is 2.35. The molecule has 0 spiro atoms. The van der Waals surface area contributed by atoms with Crippen LogP contribution in [0.3, 0.4) is 0 Å². The Hall–Kier alpha value is -2.55. The van der Waals surface area contributed by atoms with Crippen LogP contribution in [0.5, 0.6) is 0 Å². The van der Waals surface area contributed by atoms with E-state index < -0.39 is 11.6 Å². The summed E-state index contributed by atoms with van der Waals surface area (Å²) in [6, 6.07) is 6.55. The van der Waals surface area contributed by atoms with Crippen LogP contribution in [0, 0.1) is 24.5 Å². The van der Waals surface area contributed by atoms with Gasteiger partial charge in [0.05, 0.1) is 16.3 Å². The predicted octanol–water partition coefficient (Wildman–Crippen LogP) is 4.24. The Kier molecular flexibility index (Phi) is 6.22. The maximum atomic E-state index is 14.9. The Bertz CT molecular complexity index is 1130. The first-order valence-corrected chi connectivity index (χ1v) is 11.2. The second-order valence-electron chi connectivity index (χ2n) is 8.10. The van der Waals surface area contributed by atoms with Crippen molar-refractivity contribution in [2.24, 2.45) is 11.7 Å². The number of thiophene rings is 1. The molecule has 31 heavy (non-hydrogen) atoms. The summed E-state index contributed by atoms with van der Waals surface area (Å²) in [5.74, 6) is -0.950. The highest BCUT2D eigenvalue weighted by molar-refractivity contribution is 7.20. The monoisotopic (exact) mass is 443 g/mol. The molecule has 2 heterocycles. The van der Waals surface area contributed by atoms with Gasteiger partial charge in [0.1, 0.15) is 16.5 Å². The maximum Gasteiger partial charge on any atom is 0.146 e. The SMILES string of the molecule is CNCC(/C=C/c1sc2nc(C)ccc2c1N)c1cc(F)c(NCC2CC2N)cc1F. The molecule has 2 aromatic heterocycles. The zero-order valence-electron chi connectivity index (χ0n) is 17.6. The van der Waals surface area contributed by atoms with Crippen LogP contribution in [0.15, 0.2) is 30.3 Å². The Morgan fingerprint density at radius 3 is 2.77 bits per heavy atom. The molecule has 0 amide bonds. The number of rotatable bonds is 8. The molecule has 1 aromatic carbocycles. The molecule has 1 aliphatic carbocycles. The summed E-state index contributed by atoms with van der Waals surface area (Å²) in [6.45, 7) is 2.94. The quantitative estimate of drug-likeness (QED) is 0.418. The molecule has 0 saturated heterocycles. The van der Waals surface area contributed by atoms with E-state index in [-0.39, 0.29) is 17.6 Å². The van der Waals surface area contributed by atoms with Gasteiger partial charge >= 0.3 is 0 Å². The lowest BCUT2D eigenvalue weighted by Crippen LogP contribution is -2.17. The van der Waals surface area contributed by atoms with Crippen LogP contribution in [0.2, 0.25) is 0 Å². The molecule has 0 radical (unpaired) electrons. The second-order valence-corrected chi connectivity index (χ2v) is 9.13. The Morgan fingerprint density at radius 1 is 1.29 bits per heavy atom. The Labute approximate surface area is 184 Å². The fourth-order valence-electron chi connectivity index (χ4n) is 3.67. The number of likely N-dealkylation sites (N-methyl/N-ethyl adjacent to an activating group) is 1. The first-order chi connectivity index (χ1) is 14.9. The smallest absolute Gasteiger partial charge is 0.146 e. The number of aryl methyl sites for hydroxylation is 1. The van der Waals surface area contributed by atoms with Crippen molar-refractivity contribution < 1.29 is 8.78 Å². The van der Waals surface area contributed by atoms with Gasteiger partial charge in [0.2, 0.25) is 0 Å². The number of aromatic nitrogens is 1. The van der Waals surface area contributed by atoms with Crippen molar-refractivity contribution in [2.75, 3.05) is 31.2 Å². The van der Waals surface area contributed by atoms with Crippen LogP contribution in [-0.2, 0) is 0 Å². The largest absolute Gasteiger partial charge is 0.397 e. The van der Waals surface area contributed by atoms with Gasteiger partial charge in [-0.2, -0.15) is 0 Å². The fraction of sp³-hybridized carbons (Fsp3) is 0.348. The first-order valence-electron chi connectivity index (χ1n) is 10.3. The summed E-state index contributed by atoms with van der Waals surface area (Å²) < 4.78 is 29.6. The molecule has 164 valence electrons. The van der Waals surface area contributed by atoms with Gasteiger partial charge in [-0.1, -0.05) is 6.08 Å². The standard InChI is InChI=1S/C23H27F2N5S/c1-12-3-5-15-22(27)21(31-23(15)30-12)6-4-13(10-28-2)16-8-18(25)20(9-17(16)24)29-11-14-7-19(14)26/h3-6,8-9,13-14,19,28-29H,7,10-11,26-27H2,1-2H3/b6-4+. The van der Waals surface area contributed by atoms with E-state index in [1.165, 1.54) is 23.5 Å². The highest BCUT2D eigenvalue weighted by atomic mass is 32.1. The molecule has 4 rings (SSSR count). The number of nitrogens with two attached hydrogens (primary N) is 2. The molecule has 0 bridgehead atoms. The lowest BCUT2D eigenvalue weighted by molar-refractivity contribution is 0.572. The normalized spacial score (nSPS) is 19.3. The zero-order valence-corrected chi connectivity index (χ0v) is 18.4. The van der Waals surface area contributed by atoms with E-state index in [4.69, 9.17) is 11.5 Å². The topological polar surface area (TPSA) is 89.0 Å². The van der Waals surface area contributed by atoms with E-state index in [1.54, 1.807) is 7.05 Å². The fourth-order valence-corrected chi connectivity index (χ4v) is 4.72. The average Bonchev–Trinajstić information content (AvgIpc) is 3.36. The summed E-state index contributed by atoms with van der Waals surface area (Å²) in [6.07, 6.45) is 4.65. The second kappa shape index (κ2) is 8.90. The minimum atomic E-state index is -0.471. The number of benzene rings is 1. The minimum Gasteiger partial charge on any atom is -0.397 e. The van der Waals surface area contributed by atoms with Crippen molar-refractivity contribution in [1.82, 2.24) is 10.3 Å². The summed E-state index contributed by atoms with van der Waals surface area (Å²) in [5, 5.41) is 6.94. The number of pyridine rings is 1. The van der Waals surface area contributed by atoms with Crippen molar-refractivity contribution >= 4 is 39.0 Å². The lowest BCUT2D eigenvalue weighted by atomic mass is 9.96. The molecule has 8 heteroatoms. The van der Waals surface area contributed by atoms with Crippen molar-refractivity contribution in [3.05, 3.63) is 58.1 Å². The van der Waals surface area contributed by atoms with Gasteiger partial charge in [0.15, 0.2) is 0 Å². The van der Waals surface area contributed by atoms with Crippen molar-refractivity contribution in [2.45, 2.75) is 25.3 Å². The molecular formula is C23H27F2N5S. The third kappa shape index (κ3) is 4.71. The van der Waals surface area contributed by atoms with E-state index in [0.717, 1.165) is 27.2 Å². The van der Waals surface area contributed by atoms with Crippen LogP contribution in [0.4, 0.5) is 20.2 Å². The van der Waals surface area contributed by atoms with E-state index >= 15 is 0 Å². The molecule has 3 atom stereocenters. The zero-order chi connectivity index (χ0) is 22.1. The van der Waals surface area contributed by atoms with Gasteiger partial charge in [-0.3, -0.25) is 0 Å². The first kappa shape index (κ1) is 21.7. The number of fused-ring (bicyclic) bond motifs is 1. The van der Waals surface area contributed by atoms with Crippen LogP contribution in [0.1, 0.15) is 28.5 Å². The molecule has 3 unspecified atom stereocenters. The van der Waals surface area contributed by atoms with Crippen LogP contribution in [-0.4, -0.2) is 31.2 Å². The number of nitrogens with zero attached hydrogens (tertiary/aromatic N) is 1. The Morgan fingerprint density at radius 2 is 2.06 bits per heavy atom. The number of halogens is 2. The molecular weight excluding hydrogens is 416 g/mol. The number of hydrogen-bond acceptors (Lipinski definition) is 6. The summed E-state index contributed by atoms with van der Waals surface area (Å²) in [7, 11) is 1.78.